The van der Waals surface area contributed by atoms with Crippen molar-refractivity contribution in [1.82, 2.24) is 24.8 Å². The van der Waals surface area contributed by atoms with Crippen LogP contribution in [-0.4, -0.2) is 44.5 Å². The van der Waals surface area contributed by atoms with Crippen molar-refractivity contribution >= 4 is 17.3 Å². The lowest BCUT2D eigenvalue weighted by molar-refractivity contribution is -0.120. The molecule has 1 fully saturated rings. The first-order valence-corrected chi connectivity index (χ1v) is 9.62. The quantitative estimate of drug-likeness (QED) is 0.878. The Kier molecular flexibility index (Phi) is 5.57. The van der Waals surface area contributed by atoms with E-state index in [1.807, 2.05) is 17.7 Å². The number of imidazole rings is 1. The summed E-state index contributed by atoms with van der Waals surface area (Å²) in [6, 6.07) is 0. The van der Waals surface area contributed by atoms with Gasteiger partial charge in [-0.05, 0) is 31.8 Å². The smallest absolute Gasteiger partial charge is 0.245 e. The van der Waals surface area contributed by atoms with Gasteiger partial charge in [-0.15, -0.1) is 0 Å². The number of amides is 1. The fraction of sp³-hybridized carbons (Fsp3) is 0.450. The fourth-order valence-corrected chi connectivity index (χ4v) is 3.53. The molecule has 0 atom stereocenters. The maximum Gasteiger partial charge on any atom is 0.245 e. The largest absolute Gasteiger partial charge is 0.381 e. The van der Waals surface area contributed by atoms with Crippen molar-refractivity contribution in [2.24, 2.45) is 4.99 Å². The number of carbonyl (C=O) groups excluding carboxylic acids is 1. The zero-order valence-corrected chi connectivity index (χ0v) is 16.0. The zero-order chi connectivity index (χ0) is 19.3. The van der Waals surface area contributed by atoms with E-state index in [1.54, 1.807) is 24.8 Å². The molecule has 0 radical (unpaired) electrons. The average Bonchev–Trinajstić information content (AvgIpc) is 3.10. The van der Waals surface area contributed by atoms with Crippen molar-refractivity contribution in [3.8, 4) is 0 Å². The number of hydrogen-bond donors (Lipinski definition) is 1. The highest BCUT2D eigenvalue weighted by atomic mass is 16.5. The second-order valence-electron chi connectivity index (χ2n) is 7.10. The maximum atomic E-state index is 12.5. The SMILES string of the molecule is Cc1nc(C2CCOCC2)cn1CC(=O)NC1=NC=C(c2cnccn2)CC1. The average molecular weight is 380 g/mol. The van der Waals surface area contributed by atoms with Crippen molar-refractivity contribution in [1.29, 1.82) is 0 Å². The number of aliphatic imine (C=N–C) groups is 1. The number of amidine groups is 1. The highest BCUT2D eigenvalue weighted by molar-refractivity contribution is 5.99. The summed E-state index contributed by atoms with van der Waals surface area (Å²) in [4.78, 5) is 29.9. The number of aryl methyl sites for hydroxylation is 1. The summed E-state index contributed by atoms with van der Waals surface area (Å²) in [5, 5.41) is 2.92. The molecule has 1 saturated heterocycles. The lowest BCUT2D eigenvalue weighted by Crippen LogP contribution is -2.34. The molecule has 2 aromatic rings. The van der Waals surface area contributed by atoms with Crippen molar-refractivity contribution in [3.63, 3.8) is 0 Å². The van der Waals surface area contributed by atoms with Crippen LogP contribution in [0.3, 0.4) is 0 Å². The Balaban J connectivity index is 1.36. The van der Waals surface area contributed by atoms with E-state index >= 15 is 0 Å². The van der Waals surface area contributed by atoms with Gasteiger partial charge in [0, 0.05) is 50.3 Å². The van der Waals surface area contributed by atoms with Crippen LogP contribution in [0.1, 0.15) is 48.8 Å². The van der Waals surface area contributed by atoms with Crippen molar-refractivity contribution < 1.29 is 9.53 Å². The van der Waals surface area contributed by atoms with Crippen molar-refractivity contribution in [2.45, 2.75) is 45.1 Å². The molecule has 8 heteroatoms. The van der Waals surface area contributed by atoms with Gasteiger partial charge < -0.3 is 14.6 Å². The van der Waals surface area contributed by atoms with Gasteiger partial charge >= 0.3 is 0 Å². The highest BCUT2D eigenvalue weighted by Crippen LogP contribution is 2.26. The molecule has 146 valence electrons. The Bertz CT molecular complexity index is 897. The van der Waals surface area contributed by atoms with Gasteiger partial charge in [0.2, 0.25) is 5.91 Å². The van der Waals surface area contributed by atoms with Crippen molar-refractivity contribution in [2.75, 3.05) is 13.2 Å². The van der Waals surface area contributed by atoms with Gasteiger partial charge in [0.1, 0.15) is 18.2 Å². The molecule has 1 amide bonds. The third kappa shape index (κ3) is 4.33. The van der Waals surface area contributed by atoms with Crippen LogP contribution in [0, 0.1) is 6.92 Å². The van der Waals surface area contributed by atoms with Crippen LogP contribution in [0.15, 0.2) is 36.0 Å². The standard InChI is InChI=1S/C20H24N6O2/c1-14-24-18(15-4-8-28-9-5-15)12-26(14)13-20(27)25-19-3-2-16(10-23-19)17-11-21-6-7-22-17/h6-7,10-12,15H,2-5,8-9,13H2,1H3,(H,23,25,27). The normalized spacial score (nSPS) is 17.8. The minimum absolute atomic E-state index is 0.0888. The van der Waals surface area contributed by atoms with E-state index in [1.165, 1.54) is 0 Å². The summed E-state index contributed by atoms with van der Waals surface area (Å²) in [6.45, 7) is 3.73. The van der Waals surface area contributed by atoms with E-state index in [9.17, 15) is 4.79 Å². The second-order valence-corrected chi connectivity index (χ2v) is 7.10. The summed E-state index contributed by atoms with van der Waals surface area (Å²) in [5.41, 5.74) is 2.91. The predicted molar refractivity (Wildman–Crippen MR) is 105 cm³/mol. The van der Waals surface area contributed by atoms with E-state index < -0.39 is 0 Å². The molecule has 2 aromatic heterocycles. The highest BCUT2D eigenvalue weighted by Gasteiger charge is 2.20. The molecule has 1 N–H and O–H groups in total. The Labute approximate surface area is 163 Å². The van der Waals surface area contributed by atoms with Gasteiger partial charge in [0.15, 0.2) is 0 Å². The van der Waals surface area contributed by atoms with Gasteiger partial charge in [0.25, 0.3) is 0 Å². The van der Waals surface area contributed by atoms with E-state index in [4.69, 9.17) is 4.74 Å². The van der Waals surface area contributed by atoms with E-state index in [2.05, 4.69) is 25.3 Å². The lowest BCUT2D eigenvalue weighted by atomic mass is 9.97. The molecule has 8 nitrogen and oxygen atoms in total. The van der Waals surface area contributed by atoms with Crippen LogP contribution in [-0.2, 0) is 16.1 Å². The molecule has 0 unspecified atom stereocenters. The van der Waals surface area contributed by atoms with Crippen molar-refractivity contribution in [3.05, 3.63) is 48.2 Å². The Hall–Kier alpha value is -2.87. The lowest BCUT2D eigenvalue weighted by Gasteiger charge is -2.19. The van der Waals surface area contributed by atoms with Crippen LogP contribution >= 0.6 is 0 Å². The Morgan fingerprint density at radius 3 is 2.86 bits per heavy atom. The first-order valence-electron chi connectivity index (χ1n) is 9.62. The number of hydrogen-bond acceptors (Lipinski definition) is 6. The summed E-state index contributed by atoms with van der Waals surface area (Å²) >= 11 is 0. The number of nitrogens with one attached hydrogen (secondary N) is 1. The summed E-state index contributed by atoms with van der Waals surface area (Å²) in [7, 11) is 0. The molecule has 2 aliphatic heterocycles. The molecular weight excluding hydrogens is 356 g/mol. The van der Waals surface area contributed by atoms with Gasteiger partial charge in [-0.3, -0.25) is 14.8 Å². The minimum Gasteiger partial charge on any atom is -0.381 e. The van der Waals surface area contributed by atoms with Gasteiger partial charge in [0.05, 0.1) is 17.6 Å². The van der Waals surface area contributed by atoms with Gasteiger partial charge in [-0.2, -0.15) is 0 Å². The minimum atomic E-state index is -0.0888. The number of carbonyl (C=O) groups is 1. The van der Waals surface area contributed by atoms with E-state index in [-0.39, 0.29) is 12.5 Å². The number of ether oxygens (including phenoxy) is 1. The monoisotopic (exact) mass is 380 g/mol. The summed E-state index contributed by atoms with van der Waals surface area (Å²) in [6.07, 6.45) is 12.2. The first-order chi connectivity index (χ1) is 13.7. The number of nitrogens with zero attached hydrogens (tertiary/aromatic N) is 5. The van der Waals surface area contributed by atoms with Gasteiger partial charge in [-0.1, -0.05) is 0 Å². The number of aromatic nitrogens is 4. The molecule has 4 heterocycles. The van der Waals surface area contributed by atoms with Crippen LogP contribution in [0.4, 0.5) is 0 Å². The van der Waals surface area contributed by atoms with E-state index in [0.29, 0.717) is 18.2 Å². The fourth-order valence-electron chi connectivity index (χ4n) is 3.53. The molecule has 0 saturated carbocycles. The third-order valence-corrected chi connectivity index (χ3v) is 5.13. The molecule has 0 spiro atoms. The summed E-state index contributed by atoms with van der Waals surface area (Å²) in [5.74, 6) is 1.87. The predicted octanol–water partition coefficient (Wildman–Crippen LogP) is 2.23. The molecule has 2 aliphatic rings. The Morgan fingerprint density at radius 2 is 2.14 bits per heavy atom. The van der Waals surface area contributed by atoms with Crippen LogP contribution in [0.5, 0.6) is 0 Å². The first kappa shape index (κ1) is 18.5. The zero-order valence-electron chi connectivity index (χ0n) is 16.0. The summed E-state index contributed by atoms with van der Waals surface area (Å²) < 4.78 is 7.33. The van der Waals surface area contributed by atoms with Gasteiger partial charge in [-0.25, -0.2) is 9.98 Å². The molecule has 0 aliphatic carbocycles. The maximum absolute atomic E-state index is 12.5. The van der Waals surface area contributed by atoms with Crippen LogP contribution < -0.4 is 5.32 Å². The molecular formula is C20H24N6O2. The van der Waals surface area contributed by atoms with Crippen LogP contribution in [0.2, 0.25) is 0 Å². The Morgan fingerprint density at radius 1 is 1.29 bits per heavy atom. The number of allylic oxidation sites excluding steroid dienone is 1. The van der Waals surface area contributed by atoms with Crippen LogP contribution in [0.25, 0.3) is 5.57 Å². The second kappa shape index (κ2) is 8.43. The molecule has 0 aromatic carbocycles. The molecule has 28 heavy (non-hydrogen) atoms. The third-order valence-electron chi connectivity index (χ3n) is 5.13. The van der Waals surface area contributed by atoms with E-state index in [0.717, 1.165) is 55.3 Å². The molecule has 0 bridgehead atoms. The topological polar surface area (TPSA) is 94.3 Å². The molecule has 4 rings (SSSR count). The number of rotatable bonds is 4.